The molecular formula is C12H9BrClNO2S. The summed E-state index contributed by atoms with van der Waals surface area (Å²) in [6.45, 7) is 0. The normalized spacial score (nSPS) is 10.6. The standard InChI is InChI=1S/C12H9BrClNO2S/c13-6-5-9-10(12(16)17)18-11(15-9)7-1-3-8(14)4-2-7/h1-4H,5-6H2,(H,16,17). The molecular weight excluding hydrogens is 338 g/mol. The first-order valence-electron chi connectivity index (χ1n) is 5.16. The van der Waals surface area contributed by atoms with Gasteiger partial charge in [-0.3, -0.25) is 0 Å². The van der Waals surface area contributed by atoms with Crippen LogP contribution < -0.4 is 0 Å². The van der Waals surface area contributed by atoms with E-state index < -0.39 is 5.97 Å². The minimum Gasteiger partial charge on any atom is -0.477 e. The molecule has 0 aliphatic heterocycles. The van der Waals surface area contributed by atoms with Crippen LogP contribution in [0.3, 0.4) is 0 Å². The van der Waals surface area contributed by atoms with Crippen molar-refractivity contribution in [1.82, 2.24) is 4.98 Å². The van der Waals surface area contributed by atoms with E-state index in [1.807, 2.05) is 12.1 Å². The van der Waals surface area contributed by atoms with Gasteiger partial charge in [0, 0.05) is 22.3 Å². The van der Waals surface area contributed by atoms with Gasteiger partial charge in [-0.2, -0.15) is 0 Å². The van der Waals surface area contributed by atoms with Crippen LogP contribution in [0.5, 0.6) is 0 Å². The Morgan fingerprint density at radius 1 is 1.39 bits per heavy atom. The van der Waals surface area contributed by atoms with Gasteiger partial charge in [-0.25, -0.2) is 9.78 Å². The lowest BCUT2D eigenvalue weighted by Gasteiger charge is -1.95. The predicted molar refractivity (Wildman–Crippen MR) is 77.0 cm³/mol. The van der Waals surface area contributed by atoms with Crippen molar-refractivity contribution in [2.45, 2.75) is 6.42 Å². The summed E-state index contributed by atoms with van der Waals surface area (Å²) in [5, 5.41) is 11.2. The first-order chi connectivity index (χ1) is 8.61. The molecule has 0 bridgehead atoms. The summed E-state index contributed by atoms with van der Waals surface area (Å²) in [6.07, 6.45) is 0.603. The Hall–Kier alpha value is -0.910. The van der Waals surface area contributed by atoms with E-state index in [1.54, 1.807) is 12.1 Å². The third-order valence-electron chi connectivity index (χ3n) is 2.31. The van der Waals surface area contributed by atoms with E-state index in [-0.39, 0.29) is 0 Å². The third kappa shape index (κ3) is 2.91. The van der Waals surface area contributed by atoms with Crippen LogP contribution in [-0.4, -0.2) is 21.4 Å². The van der Waals surface area contributed by atoms with Crippen LogP contribution in [0.1, 0.15) is 15.4 Å². The van der Waals surface area contributed by atoms with E-state index in [2.05, 4.69) is 20.9 Å². The molecule has 3 nitrogen and oxygen atoms in total. The van der Waals surface area contributed by atoms with E-state index in [0.717, 1.165) is 5.56 Å². The number of aryl methyl sites for hydroxylation is 1. The van der Waals surface area contributed by atoms with Gasteiger partial charge in [0.25, 0.3) is 0 Å². The highest BCUT2D eigenvalue weighted by atomic mass is 79.9. The largest absolute Gasteiger partial charge is 0.477 e. The summed E-state index contributed by atoms with van der Waals surface area (Å²) in [7, 11) is 0. The van der Waals surface area contributed by atoms with E-state index in [9.17, 15) is 4.79 Å². The number of alkyl halides is 1. The molecule has 0 fully saturated rings. The first-order valence-corrected chi connectivity index (χ1v) is 7.48. The molecule has 1 aromatic carbocycles. The Bertz CT molecular complexity index is 568. The zero-order valence-corrected chi connectivity index (χ0v) is 12.3. The van der Waals surface area contributed by atoms with E-state index in [1.165, 1.54) is 11.3 Å². The van der Waals surface area contributed by atoms with Crippen LogP contribution in [0, 0.1) is 0 Å². The van der Waals surface area contributed by atoms with Gasteiger partial charge in [-0.1, -0.05) is 39.7 Å². The van der Waals surface area contributed by atoms with Crippen molar-refractivity contribution in [3.8, 4) is 10.6 Å². The molecule has 0 amide bonds. The number of carbonyl (C=O) groups is 1. The van der Waals surface area contributed by atoms with E-state index >= 15 is 0 Å². The van der Waals surface area contributed by atoms with Crippen molar-refractivity contribution in [1.29, 1.82) is 0 Å². The first kappa shape index (κ1) is 13.5. The molecule has 0 spiro atoms. The fraction of sp³-hybridized carbons (Fsp3) is 0.167. The summed E-state index contributed by atoms with van der Waals surface area (Å²) in [6, 6.07) is 7.21. The van der Waals surface area contributed by atoms with Gasteiger partial charge >= 0.3 is 5.97 Å². The number of aromatic carboxylic acids is 1. The van der Waals surface area contributed by atoms with Gasteiger partial charge in [0.2, 0.25) is 0 Å². The average Bonchev–Trinajstić information content (AvgIpc) is 2.75. The van der Waals surface area contributed by atoms with Crippen molar-refractivity contribution in [3.05, 3.63) is 39.9 Å². The van der Waals surface area contributed by atoms with Gasteiger partial charge in [0.05, 0.1) is 5.69 Å². The number of benzene rings is 1. The lowest BCUT2D eigenvalue weighted by Crippen LogP contribution is -1.99. The average molecular weight is 347 g/mol. The summed E-state index contributed by atoms with van der Waals surface area (Å²) in [5.41, 5.74) is 1.50. The van der Waals surface area contributed by atoms with E-state index in [4.69, 9.17) is 16.7 Å². The monoisotopic (exact) mass is 345 g/mol. The topological polar surface area (TPSA) is 50.2 Å². The molecule has 0 aliphatic carbocycles. The molecule has 2 aromatic rings. The Balaban J connectivity index is 2.42. The fourth-order valence-electron chi connectivity index (χ4n) is 1.49. The number of halogens is 2. The van der Waals surface area contributed by atoms with Crippen molar-refractivity contribution in [3.63, 3.8) is 0 Å². The molecule has 1 N–H and O–H groups in total. The van der Waals surface area contributed by atoms with Gasteiger partial charge in [-0.05, 0) is 12.1 Å². The zero-order valence-electron chi connectivity index (χ0n) is 9.19. The van der Waals surface area contributed by atoms with Crippen LogP contribution in [0.4, 0.5) is 0 Å². The van der Waals surface area contributed by atoms with Crippen LogP contribution in [0.2, 0.25) is 5.02 Å². The van der Waals surface area contributed by atoms with E-state index in [0.29, 0.717) is 32.4 Å². The minimum atomic E-state index is -0.927. The quantitative estimate of drug-likeness (QED) is 0.848. The van der Waals surface area contributed by atoms with Gasteiger partial charge in [0.15, 0.2) is 0 Å². The zero-order chi connectivity index (χ0) is 13.1. The van der Waals surface area contributed by atoms with Crippen LogP contribution in [0.15, 0.2) is 24.3 Å². The Morgan fingerprint density at radius 3 is 2.61 bits per heavy atom. The molecule has 94 valence electrons. The van der Waals surface area contributed by atoms with Crippen molar-refractivity contribution in [2.24, 2.45) is 0 Å². The van der Waals surface area contributed by atoms with Gasteiger partial charge in [0.1, 0.15) is 9.88 Å². The van der Waals surface area contributed by atoms with Crippen LogP contribution >= 0.6 is 38.9 Å². The number of nitrogens with zero attached hydrogens (tertiary/aromatic N) is 1. The number of hydrogen-bond acceptors (Lipinski definition) is 3. The predicted octanol–water partition coefficient (Wildman–Crippen LogP) is 4.10. The molecule has 0 saturated heterocycles. The maximum Gasteiger partial charge on any atom is 0.347 e. The minimum absolute atomic E-state index is 0.305. The number of carboxylic acid groups (broad SMARTS) is 1. The smallest absolute Gasteiger partial charge is 0.347 e. The molecule has 1 heterocycles. The van der Waals surface area contributed by atoms with Crippen molar-refractivity contribution in [2.75, 3.05) is 5.33 Å². The molecule has 1 aromatic heterocycles. The van der Waals surface area contributed by atoms with Crippen molar-refractivity contribution >= 4 is 44.8 Å². The number of aromatic nitrogens is 1. The SMILES string of the molecule is O=C(O)c1sc(-c2ccc(Cl)cc2)nc1CCBr. The summed E-state index contributed by atoms with van der Waals surface area (Å²) >= 11 is 10.3. The molecule has 0 saturated carbocycles. The number of thiazole rings is 1. The molecule has 2 rings (SSSR count). The summed E-state index contributed by atoms with van der Waals surface area (Å²) in [5.74, 6) is -0.927. The Labute approximate surface area is 122 Å². The molecule has 0 atom stereocenters. The Morgan fingerprint density at radius 2 is 2.06 bits per heavy atom. The second-order valence-corrected chi connectivity index (χ2v) is 5.77. The lowest BCUT2D eigenvalue weighted by molar-refractivity contribution is 0.0701. The van der Waals surface area contributed by atoms with Crippen molar-refractivity contribution < 1.29 is 9.90 Å². The highest BCUT2D eigenvalue weighted by molar-refractivity contribution is 9.09. The molecule has 0 unspecified atom stereocenters. The molecule has 18 heavy (non-hydrogen) atoms. The van der Waals surface area contributed by atoms with Crippen LogP contribution in [-0.2, 0) is 6.42 Å². The van der Waals surface area contributed by atoms with Gasteiger partial charge < -0.3 is 5.11 Å². The highest BCUT2D eigenvalue weighted by Gasteiger charge is 2.17. The molecule has 0 aliphatic rings. The second kappa shape index (κ2) is 5.82. The molecule has 0 radical (unpaired) electrons. The van der Waals surface area contributed by atoms with Gasteiger partial charge in [-0.15, -0.1) is 11.3 Å². The lowest BCUT2D eigenvalue weighted by atomic mass is 10.2. The maximum absolute atomic E-state index is 11.1. The highest BCUT2D eigenvalue weighted by Crippen LogP contribution is 2.29. The third-order valence-corrected chi connectivity index (χ3v) is 4.10. The number of carboxylic acids is 1. The Kier molecular flexibility index (Phi) is 4.37. The summed E-state index contributed by atoms with van der Waals surface area (Å²) < 4.78 is 0. The molecule has 6 heteroatoms. The fourth-order valence-corrected chi connectivity index (χ4v) is 2.95. The van der Waals surface area contributed by atoms with Crippen LogP contribution in [0.25, 0.3) is 10.6 Å². The second-order valence-electron chi connectivity index (χ2n) is 3.55. The maximum atomic E-state index is 11.1. The number of rotatable bonds is 4. The number of hydrogen-bond donors (Lipinski definition) is 1. The summed E-state index contributed by atoms with van der Waals surface area (Å²) in [4.78, 5) is 15.8.